The second kappa shape index (κ2) is 10.7. The Kier molecular flexibility index (Phi) is 7.43. The van der Waals surface area contributed by atoms with Gasteiger partial charge < -0.3 is 19.5 Å². The number of rotatable bonds is 4. The van der Waals surface area contributed by atoms with Gasteiger partial charge in [0.2, 0.25) is 5.91 Å². The number of β-amino-alcohol motifs (C(OH)–C–C–N with tert-alkyl or cyclic N) is 1. The predicted molar refractivity (Wildman–Crippen MR) is 125 cm³/mol. The van der Waals surface area contributed by atoms with E-state index < -0.39 is 17.7 Å². The van der Waals surface area contributed by atoms with Crippen molar-refractivity contribution in [2.24, 2.45) is 0 Å². The molecule has 2 saturated heterocycles. The highest BCUT2D eigenvalue weighted by Crippen LogP contribution is 2.30. The number of halogens is 2. The van der Waals surface area contributed by atoms with Gasteiger partial charge in [0.15, 0.2) is 0 Å². The van der Waals surface area contributed by atoms with Gasteiger partial charge >= 0.3 is 0 Å². The van der Waals surface area contributed by atoms with Crippen LogP contribution in [0.4, 0.5) is 8.78 Å². The minimum atomic E-state index is -0.728. The van der Waals surface area contributed by atoms with E-state index in [0.717, 1.165) is 25.0 Å². The molecule has 6 nitrogen and oxygen atoms in total. The summed E-state index contributed by atoms with van der Waals surface area (Å²) in [5.41, 5.74) is 2.75. The van der Waals surface area contributed by atoms with E-state index >= 15 is 0 Å². The minimum Gasteiger partial charge on any atom is -0.389 e. The number of benzene rings is 2. The molecule has 0 aliphatic carbocycles. The lowest BCUT2D eigenvalue weighted by atomic mass is 9.93. The summed E-state index contributed by atoms with van der Waals surface area (Å²) in [6, 6.07) is 11.5. The van der Waals surface area contributed by atoms with Gasteiger partial charge in [-0.05, 0) is 48.6 Å². The van der Waals surface area contributed by atoms with Crippen molar-refractivity contribution in [1.82, 2.24) is 9.80 Å². The molecule has 5 rings (SSSR count). The fourth-order valence-corrected chi connectivity index (χ4v) is 5.54. The number of aliphatic hydroxyl groups excluding tert-OH is 1. The van der Waals surface area contributed by atoms with E-state index in [1.54, 1.807) is 0 Å². The van der Waals surface area contributed by atoms with Gasteiger partial charge in [-0.25, -0.2) is 8.78 Å². The van der Waals surface area contributed by atoms with Gasteiger partial charge in [-0.3, -0.25) is 9.69 Å². The predicted octanol–water partition coefficient (Wildman–Crippen LogP) is 3.05. The average molecular weight is 487 g/mol. The van der Waals surface area contributed by atoms with Crippen molar-refractivity contribution in [2.45, 2.75) is 63.1 Å². The largest absolute Gasteiger partial charge is 0.389 e. The molecule has 0 saturated carbocycles. The summed E-state index contributed by atoms with van der Waals surface area (Å²) < 4.78 is 40.1. The maximum Gasteiger partial charge on any atom is 0.225 e. The van der Waals surface area contributed by atoms with E-state index in [1.807, 2.05) is 21.9 Å². The molecule has 35 heavy (non-hydrogen) atoms. The summed E-state index contributed by atoms with van der Waals surface area (Å²) in [5, 5.41) is 10.3. The van der Waals surface area contributed by atoms with Crippen molar-refractivity contribution in [2.75, 3.05) is 26.3 Å². The number of carbonyl (C=O) groups excluding carboxylic acids is 1. The standard InChI is InChI=1S/C27H32F2N2O4/c28-21-5-7-24(29)20(11-21)14-31-15-22(32)16-34-17-26-25(31)8-6-23(35-26)12-27(33)30-10-9-18-3-1-2-4-19(18)13-30/h1-5,7,11,22-23,25-26,32H,6,8-10,12-17H2/t22-,23-,25-,26+/m1/s1. The first-order valence-electron chi connectivity index (χ1n) is 12.4. The normalized spacial score (nSPS) is 27.5. The van der Waals surface area contributed by atoms with Crippen LogP contribution in [0.1, 0.15) is 36.0 Å². The van der Waals surface area contributed by atoms with Crippen LogP contribution in [-0.4, -0.2) is 71.5 Å². The zero-order chi connectivity index (χ0) is 24.4. The van der Waals surface area contributed by atoms with Crippen molar-refractivity contribution < 1.29 is 28.2 Å². The van der Waals surface area contributed by atoms with Crippen LogP contribution in [0.2, 0.25) is 0 Å². The molecule has 1 amide bonds. The third kappa shape index (κ3) is 5.72. The fourth-order valence-electron chi connectivity index (χ4n) is 5.54. The van der Waals surface area contributed by atoms with Crippen molar-refractivity contribution in [3.05, 3.63) is 70.8 Å². The summed E-state index contributed by atoms with van der Waals surface area (Å²) in [6.45, 7) is 2.21. The van der Waals surface area contributed by atoms with Crippen molar-refractivity contribution in [3.8, 4) is 0 Å². The van der Waals surface area contributed by atoms with E-state index in [0.29, 0.717) is 25.9 Å². The summed E-state index contributed by atoms with van der Waals surface area (Å²) in [5.74, 6) is -0.879. The Labute approximate surface area is 204 Å². The van der Waals surface area contributed by atoms with Crippen molar-refractivity contribution in [3.63, 3.8) is 0 Å². The number of amides is 1. The van der Waals surface area contributed by atoms with Crippen molar-refractivity contribution in [1.29, 1.82) is 0 Å². The second-order valence-electron chi connectivity index (χ2n) is 9.84. The van der Waals surface area contributed by atoms with Crippen LogP contribution in [0.15, 0.2) is 42.5 Å². The lowest BCUT2D eigenvalue weighted by Gasteiger charge is -2.44. The smallest absolute Gasteiger partial charge is 0.225 e. The van der Waals surface area contributed by atoms with Crippen molar-refractivity contribution >= 4 is 5.91 Å². The van der Waals surface area contributed by atoms with Crippen LogP contribution in [0.25, 0.3) is 0 Å². The average Bonchev–Trinajstić information content (AvgIpc) is 2.85. The Morgan fingerprint density at radius 1 is 1.09 bits per heavy atom. The lowest BCUT2D eigenvalue weighted by molar-refractivity contribution is -0.161. The fraction of sp³-hybridized carbons (Fsp3) is 0.519. The third-order valence-electron chi connectivity index (χ3n) is 7.35. The number of hydrogen-bond donors (Lipinski definition) is 1. The second-order valence-corrected chi connectivity index (χ2v) is 9.84. The number of carbonyl (C=O) groups is 1. The molecule has 1 N–H and O–H groups in total. The van der Waals surface area contributed by atoms with Crippen LogP contribution < -0.4 is 0 Å². The molecule has 0 spiro atoms. The SMILES string of the molecule is O=C(C[C@H]1CC[C@@H]2[C@H](COC[C@H](O)CN2Cc2cc(F)ccc2F)O1)N1CCc2ccccc2C1. The van der Waals surface area contributed by atoms with E-state index in [2.05, 4.69) is 12.1 Å². The highest BCUT2D eigenvalue weighted by molar-refractivity contribution is 5.77. The van der Waals surface area contributed by atoms with Gasteiger partial charge in [0, 0.05) is 37.8 Å². The quantitative estimate of drug-likeness (QED) is 0.720. The molecule has 2 aromatic carbocycles. The maximum atomic E-state index is 14.3. The highest BCUT2D eigenvalue weighted by atomic mass is 19.1. The molecule has 3 aliphatic heterocycles. The zero-order valence-corrected chi connectivity index (χ0v) is 19.7. The Morgan fingerprint density at radius 2 is 1.91 bits per heavy atom. The molecule has 0 unspecified atom stereocenters. The van der Waals surface area contributed by atoms with E-state index in [9.17, 15) is 18.7 Å². The monoisotopic (exact) mass is 486 g/mol. The van der Waals surface area contributed by atoms with Gasteiger partial charge in [-0.2, -0.15) is 0 Å². The zero-order valence-electron chi connectivity index (χ0n) is 19.7. The summed E-state index contributed by atoms with van der Waals surface area (Å²) in [6.07, 6.45) is 1.31. The Morgan fingerprint density at radius 3 is 2.77 bits per heavy atom. The molecule has 3 aliphatic rings. The molecule has 4 atom stereocenters. The van der Waals surface area contributed by atoms with Crippen LogP contribution in [0, 0.1) is 11.6 Å². The number of ether oxygens (including phenoxy) is 2. The molecule has 0 radical (unpaired) electrons. The molecular formula is C27H32F2N2O4. The van der Waals surface area contributed by atoms with Gasteiger partial charge in [0.05, 0.1) is 37.9 Å². The van der Waals surface area contributed by atoms with E-state index in [-0.39, 0.29) is 56.0 Å². The number of nitrogens with zero attached hydrogens (tertiary/aromatic N) is 2. The summed E-state index contributed by atoms with van der Waals surface area (Å²) >= 11 is 0. The Bertz CT molecular complexity index is 1050. The molecule has 0 aromatic heterocycles. The minimum absolute atomic E-state index is 0.0869. The topological polar surface area (TPSA) is 62.2 Å². The molecule has 8 heteroatoms. The van der Waals surface area contributed by atoms with Crippen LogP contribution >= 0.6 is 0 Å². The van der Waals surface area contributed by atoms with Crippen LogP contribution in [0.5, 0.6) is 0 Å². The van der Waals surface area contributed by atoms with E-state index in [1.165, 1.54) is 17.2 Å². The Hall–Kier alpha value is -2.39. The van der Waals surface area contributed by atoms with Gasteiger partial charge in [0.25, 0.3) is 0 Å². The number of hydrogen-bond acceptors (Lipinski definition) is 5. The molecule has 3 heterocycles. The number of aliphatic hydroxyl groups is 1. The van der Waals surface area contributed by atoms with Gasteiger partial charge in [-0.15, -0.1) is 0 Å². The molecule has 2 aromatic rings. The van der Waals surface area contributed by atoms with Crippen LogP contribution in [-0.2, 0) is 33.8 Å². The molecular weight excluding hydrogens is 454 g/mol. The van der Waals surface area contributed by atoms with Gasteiger partial charge in [0.1, 0.15) is 11.6 Å². The third-order valence-corrected chi connectivity index (χ3v) is 7.35. The first-order valence-corrected chi connectivity index (χ1v) is 12.4. The molecule has 2 fully saturated rings. The number of fused-ring (bicyclic) bond motifs is 2. The first-order chi connectivity index (χ1) is 17.0. The summed E-state index contributed by atoms with van der Waals surface area (Å²) in [4.78, 5) is 16.9. The van der Waals surface area contributed by atoms with Gasteiger partial charge in [-0.1, -0.05) is 24.3 Å². The van der Waals surface area contributed by atoms with Crippen LogP contribution in [0.3, 0.4) is 0 Å². The Balaban J connectivity index is 1.24. The highest BCUT2D eigenvalue weighted by Gasteiger charge is 2.38. The summed E-state index contributed by atoms with van der Waals surface area (Å²) in [7, 11) is 0. The molecule has 0 bridgehead atoms. The lowest BCUT2D eigenvalue weighted by Crippen LogP contribution is -2.55. The maximum absolute atomic E-state index is 14.3. The van der Waals surface area contributed by atoms with E-state index in [4.69, 9.17) is 9.47 Å². The molecule has 188 valence electrons. The first kappa shape index (κ1) is 24.3.